The number of carboxylic acid groups (broad SMARTS) is 1. The van der Waals surface area contributed by atoms with Crippen molar-refractivity contribution in [1.29, 1.82) is 0 Å². The van der Waals surface area contributed by atoms with Crippen molar-refractivity contribution in [3.63, 3.8) is 0 Å². The van der Waals surface area contributed by atoms with E-state index in [1.807, 2.05) is 36.4 Å². The molecule has 12 nitrogen and oxygen atoms in total. The molecule has 0 radical (unpaired) electrons. The molecular formula is C36H48Cl2N6O6Si. The maximum absolute atomic E-state index is 12.1. The van der Waals surface area contributed by atoms with Crippen LogP contribution < -0.4 is 15.0 Å². The molecule has 2 fully saturated rings. The van der Waals surface area contributed by atoms with Crippen LogP contribution in [0.3, 0.4) is 0 Å². The number of rotatable bonds is 10. The minimum atomic E-state index is -2.15. The van der Waals surface area contributed by atoms with Crippen molar-refractivity contribution in [3.05, 3.63) is 64.3 Å². The number of carbonyl (C=O) groups is 2. The van der Waals surface area contributed by atoms with E-state index in [0.717, 1.165) is 42.9 Å². The number of anilines is 1. The summed E-state index contributed by atoms with van der Waals surface area (Å²) in [7, 11) is -0.779. The van der Waals surface area contributed by atoms with Gasteiger partial charge in [0.2, 0.25) is 5.88 Å². The standard InChI is InChI=1S/C36H48Cl2N6O6Si/c1-35(2,3)51(5,6)50-36(24-40-33(45)48-4)9-11-42(12-10-36)23-25-17-30(26-19-27(37)21-28(38)20-26)41-32(18-25)49-29-7-8-31(39-22-29)43-13-15-44(16-14-43)34(46)47/h7-8,17-22H,9-16,23-24H2,1-6H3,(H,40,45)(H,46,47). The second kappa shape index (κ2) is 15.9. The number of pyridine rings is 2. The molecular weight excluding hydrogens is 711 g/mol. The molecule has 0 spiro atoms. The van der Waals surface area contributed by atoms with Crippen molar-refractivity contribution in [2.45, 2.75) is 63.9 Å². The van der Waals surface area contributed by atoms with Crippen molar-refractivity contribution in [2.75, 3.05) is 57.8 Å². The first-order valence-corrected chi connectivity index (χ1v) is 20.8. The first-order valence-electron chi connectivity index (χ1n) is 17.1. The lowest BCUT2D eigenvalue weighted by Crippen LogP contribution is -2.58. The van der Waals surface area contributed by atoms with Gasteiger partial charge in [0.05, 0.1) is 24.6 Å². The lowest BCUT2D eigenvalue weighted by atomic mass is 9.91. The maximum Gasteiger partial charge on any atom is 0.407 e. The summed E-state index contributed by atoms with van der Waals surface area (Å²) >= 11 is 12.8. The smallest absolute Gasteiger partial charge is 0.407 e. The van der Waals surface area contributed by atoms with Gasteiger partial charge in [0.15, 0.2) is 8.32 Å². The van der Waals surface area contributed by atoms with Crippen molar-refractivity contribution < 1.29 is 28.6 Å². The second-order valence-electron chi connectivity index (χ2n) is 14.7. The van der Waals surface area contributed by atoms with Crippen LogP contribution in [0.5, 0.6) is 11.6 Å². The van der Waals surface area contributed by atoms with Gasteiger partial charge in [0.25, 0.3) is 0 Å². The number of carbonyl (C=O) groups excluding carboxylic acids is 1. The van der Waals surface area contributed by atoms with Gasteiger partial charge < -0.3 is 34.1 Å². The summed E-state index contributed by atoms with van der Waals surface area (Å²) in [6, 6.07) is 13.0. The first-order chi connectivity index (χ1) is 24.0. The van der Waals surface area contributed by atoms with Crippen LogP contribution in [0, 0.1) is 0 Å². The second-order valence-corrected chi connectivity index (χ2v) is 20.3. The minimum Gasteiger partial charge on any atom is -0.465 e. The van der Waals surface area contributed by atoms with Gasteiger partial charge in [-0.3, -0.25) is 4.90 Å². The molecule has 276 valence electrons. The molecule has 2 saturated heterocycles. The van der Waals surface area contributed by atoms with E-state index in [2.05, 4.69) is 54.0 Å². The summed E-state index contributed by atoms with van der Waals surface area (Å²) in [6.45, 7) is 15.7. The lowest BCUT2D eigenvalue weighted by molar-refractivity contribution is -0.0105. The highest BCUT2D eigenvalue weighted by molar-refractivity contribution is 6.74. The van der Waals surface area contributed by atoms with Gasteiger partial charge in [0.1, 0.15) is 11.6 Å². The van der Waals surface area contributed by atoms with E-state index < -0.39 is 26.1 Å². The fraction of sp³-hybridized carbons (Fsp3) is 0.500. The third-order valence-electron chi connectivity index (χ3n) is 10.0. The van der Waals surface area contributed by atoms with Crippen LogP contribution in [-0.4, -0.2) is 104 Å². The number of amides is 2. The molecule has 0 atom stereocenters. The fourth-order valence-corrected chi connectivity index (χ4v) is 8.30. The van der Waals surface area contributed by atoms with E-state index in [4.69, 9.17) is 42.1 Å². The third kappa shape index (κ3) is 10.0. The Hall–Kier alpha value is -3.62. The van der Waals surface area contributed by atoms with Crippen LogP contribution >= 0.6 is 23.2 Å². The molecule has 2 aliphatic heterocycles. The van der Waals surface area contributed by atoms with Crippen LogP contribution in [0.2, 0.25) is 28.2 Å². The average Bonchev–Trinajstić information content (AvgIpc) is 3.07. The van der Waals surface area contributed by atoms with E-state index in [1.165, 1.54) is 12.0 Å². The highest BCUT2D eigenvalue weighted by Gasteiger charge is 2.46. The number of alkyl carbamates (subject to hydrolysis) is 1. The molecule has 51 heavy (non-hydrogen) atoms. The summed E-state index contributed by atoms with van der Waals surface area (Å²) in [5, 5.41) is 13.2. The van der Waals surface area contributed by atoms with Crippen LogP contribution in [0.1, 0.15) is 39.2 Å². The molecule has 3 aromatic rings. The Morgan fingerprint density at radius 1 is 0.980 bits per heavy atom. The predicted molar refractivity (Wildman–Crippen MR) is 202 cm³/mol. The Kier molecular flexibility index (Phi) is 12.1. The van der Waals surface area contributed by atoms with Crippen molar-refractivity contribution in [2.24, 2.45) is 0 Å². The van der Waals surface area contributed by atoms with E-state index in [9.17, 15) is 14.7 Å². The van der Waals surface area contributed by atoms with Crippen LogP contribution in [0.4, 0.5) is 15.4 Å². The van der Waals surface area contributed by atoms with Crippen molar-refractivity contribution in [3.8, 4) is 22.9 Å². The van der Waals surface area contributed by atoms with E-state index in [0.29, 0.717) is 66.6 Å². The molecule has 0 bridgehead atoms. The first kappa shape index (κ1) is 38.6. The molecule has 2 N–H and O–H groups in total. The molecule has 5 rings (SSSR count). The van der Waals surface area contributed by atoms with Crippen molar-refractivity contribution in [1.82, 2.24) is 25.1 Å². The lowest BCUT2D eigenvalue weighted by Gasteiger charge is -2.49. The molecule has 1 aromatic carbocycles. The highest BCUT2D eigenvalue weighted by Crippen LogP contribution is 2.42. The maximum atomic E-state index is 12.1. The average molecular weight is 760 g/mol. The molecule has 4 heterocycles. The third-order valence-corrected chi connectivity index (χ3v) is 15.0. The molecule has 0 unspecified atom stereocenters. The van der Waals surface area contributed by atoms with Gasteiger partial charge in [-0.2, -0.15) is 0 Å². The number of methoxy groups -OCH3 is 1. The number of nitrogens with one attached hydrogen (secondary N) is 1. The van der Waals surface area contributed by atoms with Crippen molar-refractivity contribution >= 4 is 49.5 Å². The fourth-order valence-electron chi connectivity index (χ4n) is 6.11. The number of benzene rings is 1. The molecule has 0 saturated carbocycles. The normalized spacial score (nSPS) is 16.9. The van der Waals surface area contributed by atoms with E-state index in [1.54, 1.807) is 12.3 Å². The number of piperidine rings is 1. The number of ether oxygens (including phenoxy) is 2. The minimum absolute atomic E-state index is 0.0166. The van der Waals surface area contributed by atoms with Crippen LogP contribution in [0.25, 0.3) is 11.3 Å². The Labute approximate surface area is 311 Å². The predicted octanol–water partition coefficient (Wildman–Crippen LogP) is 7.76. The topological polar surface area (TPSA) is 130 Å². The molecule has 2 aliphatic rings. The van der Waals surface area contributed by atoms with E-state index in [-0.39, 0.29) is 5.04 Å². The van der Waals surface area contributed by atoms with Gasteiger partial charge in [-0.15, -0.1) is 0 Å². The highest BCUT2D eigenvalue weighted by atomic mass is 35.5. The number of piperazine rings is 1. The van der Waals surface area contributed by atoms with E-state index >= 15 is 0 Å². The Bertz CT molecular complexity index is 1670. The number of hydrogen-bond donors (Lipinski definition) is 2. The SMILES string of the molecule is COC(=O)NCC1(O[Si](C)(C)C(C)(C)C)CCN(Cc2cc(Oc3ccc(N4CCN(C(=O)O)CC4)nc3)nc(-c3cc(Cl)cc(Cl)c3)c2)CC1. The van der Waals surface area contributed by atoms with Gasteiger partial charge in [-0.25, -0.2) is 19.6 Å². The number of nitrogens with zero attached hydrogens (tertiary/aromatic N) is 5. The zero-order chi connectivity index (χ0) is 37.0. The summed E-state index contributed by atoms with van der Waals surface area (Å²) in [6.07, 6.45) is 1.78. The Morgan fingerprint density at radius 3 is 2.22 bits per heavy atom. The number of hydrogen-bond acceptors (Lipinski definition) is 9. The monoisotopic (exact) mass is 758 g/mol. The zero-order valence-corrected chi connectivity index (χ0v) is 32.7. The van der Waals surface area contributed by atoms with Gasteiger partial charge in [-0.1, -0.05) is 44.0 Å². The quantitative estimate of drug-likeness (QED) is 0.198. The zero-order valence-electron chi connectivity index (χ0n) is 30.2. The molecule has 15 heteroatoms. The Morgan fingerprint density at radius 2 is 1.65 bits per heavy atom. The Balaban J connectivity index is 1.34. The largest absolute Gasteiger partial charge is 0.465 e. The number of likely N-dealkylation sites (tertiary alicyclic amines) is 1. The van der Waals surface area contributed by atoms with Gasteiger partial charge in [0, 0.05) is 74.0 Å². The summed E-state index contributed by atoms with van der Waals surface area (Å²) < 4.78 is 18.2. The van der Waals surface area contributed by atoms with Gasteiger partial charge in [-0.05, 0) is 72.9 Å². The van der Waals surface area contributed by atoms with Gasteiger partial charge >= 0.3 is 12.2 Å². The molecule has 2 amide bonds. The summed E-state index contributed by atoms with van der Waals surface area (Å²) in [5.74, 6) is 1.67. The molecule has 0 aliphatic carbocycles. The number of halogens is 2. The van der Waals surface area contributed by atoms with Crippen LogP contribution in [0.15, 0.2) is 48.7 Å². The molecule has 2 aromatic heterocycles. The number of aromatic nitrogens is 2. The van der Waals surface area contributed by atoms with Crippen LogP contribution in [-0.2, 0) is 15.7 Å². The summed E-state index contributed by atoms with van der Waals surface area (Å²) in [4.78, 5) is 38.6. The summed E-state index contributed by atoms with van der Waals surface area (Å²) in [5.41, 5.74) is 1.94.